The van der Waals surface area contributed by atoms with E-state index in [4.69, 9.17) is 16.3 Å². The summed E-state index contributed by atoms with van der Waals surface area (Å²) in [5, 5.41) is 0.210. The topological polar surface area (TPSA) is 55.3 Å². The molecule has 2 aromatic carbocycles. The van der Waals surface area contributed by atoms with Crippen LogP contribution >= 0.6 is 11.6 Å². The Labute approximate surface area is 204 Å². The van der Waals surface area contributed by atoms with Gasteiger partial charge in [-0.1, -0.05) is 11.6 Å². The van der Waals surface area contributed by atoms with Gasteiger partial charge in [-0.25, -0.2) is 9.18 Å². The summed E-state index contributed by atoms with van der Waals surface area (Å²) < 4.78 is 99.3. The first kappa shape index (κ1) is 25.7. The van der Waals surface area contributed by atoms with Crippen molar-refractivity contribution in [2.45, 2.75) is 38.0 Å². The standard InChI is InChI=1S/C23H15ClF7N3O2/c1-11-20(12-6-13(22(26,27)28)8-14(7-12)23(29,30)31)36-21(35)34(11)10-18-19(33-5-4-32-18)16-9-15(24)2-3-17(16)25/h2-9,11,20H,10H2,1H3/t11-,20-/m0/s1. The minimum Gasteiger partial charge on any atom is -0.439 e. The number of halogens is 8. The van der Waals surface area contributed by atoms with E-state index < -0.39 is 53.1 Å². The Morgan fingerprint density at radius 2 is 1.58 bits per heavy atom. The molecule has 0 unspecified atom stereocenters. The summed E-state index contributed by atoms with van der Waals surface area (Å²) in [5.74, 6) is -0.667. The maximum Gasteiger partial charge on any atom is 0.416 e. The number of cyclic esters (lactones) is 1. The van der Waals surface area contributed by atoms with Gasteiger partial charge in [0.2, 0.25) is 0 Å². The van der Waals surface area contributed by atoms with Gasteiger partial charge in [0.05, 0.1) is 35.1 Å². The van der Waals surface area contributed by atoms with Crippen molar-refractivity contribution in [1.29, 1.82) is 0 Å². The van der Waals surface area contributed by atoms with Crippen LogP contribution in [0.15, 0.2) is 48.8 Å². The number of carbonyl (C=O) groups excluding carboxylic acids is 1. The lowest BCUT2D eigenvalue weighted by molar-refractivity contribution is -0.143. The van der Waals surface area contributed by atoms with Gasteiger partial charge in [-0.15, -0.1) is 0 Å². The Kier molecular flexibility index (Phi) is 6.58. The monoisotopic (exact) mass is 533 g/mol. The molecule has 1 aromatic heterocycles. The van der Waals surface area contributed by atoms with Gasteiger partial charge in [-0.05, 0) is 48.9 Å². The van der Waals surface area contributed by atoms with Crippen molar-refractivity contribution < 1.29 is 40.3 Å². The molecule has 0 aliphatic carbocycles. The molecule has 1 amide bonds. The second-order valence-electron chi connectivity index (χ2n) is 7.99. The van der Waals surface area contributed by atoms with Crippen LogP contribution in [-0.4, -0.2) is 27.0 Å². The Bertz CT molecular complexity index is 1280. The number of hydrogen-bond donors (Lipinski definition) is 0. The van der Waals surface area contributed by atoms with Crippen LogP contribution < -0.4 is 0 Å². The average molecular weight is 534 g/mol. The van der Waals surface area contributed by atoms with Crippen LogP contribution in [0.25, 0.3) is 11.3 Å². The SMILES string of the molecule is C[C@H]1[C@@H](c2cc(C(F)(F)F)cc(C(F)(F)F)c2)OC(=O)N1Cc1nccnc1-c1cc(Cl)ccc1F. The summed E-state index contributed by atoms with van der Waals surface area (Å²) in [7, 11) is 0. The highest BCUT2D eigenvalue weighted by atomic mass is 35.5. The predicted molar refractivity (Wildman–Crippen MR) is 113 cm³/mol. The van der Waals surface area contributed by atoms with E-state index in [9.17, 15) is 35.5 Å². The van der Waals surface area contributed by atoms with Gasteiger partial charge in [-0.3, -0.25) is 14.9 Å². The van der Waals surface area contributed by atoms with Crippen molar-refractivity contribution >= 4 is 17.7 Å². The summed E-state index contributed by atoms with van der Waals surface area (Å²) in [6.07, 6.45) is -9.98. The molecule has 190 valence electrons. The molecule has 1 fully saturated rings. The lowest BCUT2D eigenvalue weighted by Gasteiger charge is -2.22. The van der Waals surface area contributed by atoms with Crippen LogP contribution in [0, 0.1) is 5.82 Å². The van der Waals surface area contributed by atoms with Crippen molar-refractivity contribution in [2.75, 3.05) is 0 Å². The molecule has 0 spiro atoms. The molecule has 0 radical (unpaired) electrons. The smallest absolute Gasteiger partial charge is 0.416 e. The normalized spacial score (nSPS) is 18.5. The van der Waals surface area contributed by atoms with Crippen molar-refractivity contribution in [2.24, 2.45) is 0 Å². The van der Waals surface area contributed by atoms with Crippen LogP contribution in [-0.2, 0) is 23.6 Å². The zero-order valence-electron chi connectivity index (χ0n) is 18.2. The van der Waals surface area contributed by atoms with E-state index >= 15 is 0 Å². The summed E-state index contributed by atoms with van der Waals surface area (Å²) >= 11 is 5.95. The van der Waals surface area contributed by atoms with Gasteiger partial charge in [0.15, 0.2) is 0 Å². The van der Waals surface area contributed by atoms with Crippen molar-refractivity contribution in [3.05, 3.63) is 82.0 Å². The second-order valence-corrected chi connectivity index (χ2v) is 8.42. The molecule has 0 N–H and O–H groups in total. The van der Waals surface area contributed by atoms with Gasteiger partial charge in [0.25, 0.3) is 0 Å². The van der Waals surface area contributed by atoms with Crippen LogP contribution in [0.2, 0.25) is 5.02 Å². The molecular formula is C23H15ClF7N3O2. The Morgan fingerprint density at radius 3 is 2.19 bits per heavy atom. The predicted octanol–water partition coefficient (Wildman–Crippen LogP) is 7.06. The molecule has 2 atom stereocenters. The lowest BCUT2D eigenvalue weighted by Crippen LogP contribution is -2.32. The number of benzene rings is 2. The second kappa shape index (κ2) is 9.23. The van der Waals surface area contributed by atoms with Gasteiger partial charge in [-0.2, -0.15) is 26.3 Å². The molecule has 5 nitrogen and oxygen atoms in total. The number of aromatic nitrogens is 2. The fraction of sp³-hybridized carbons (Fsp3) is 0.261. The van der Waals surface area contributed by atoms with Crippen LogP contribution in [0.5, 0.6) is 0 Å². The molecule has 2 heterocycles. The van der Waals surface area contributed by atoms with Crippen molar-refractivity contribution in [1.82, 2.24) is 14.9 Å². The minimum absolute atomic E-state index is 0.00457. The first-order valence-corrected chi connectivity index (χ1v) is 10.7. The Balaban J connectivity index is 1.69. The van der Waals surface area contributed by atoms with Crippen LogP contribution in [0.3, 0.4) is 0 Å². The lowest BCUT2D eigenvalue weighted by atomic mass is 9.97. The molecule has 1 aliphatic rings. The summed E-state index contributed by atoms with van der Waals surface area (Å²) in [6, 6.07) is 3.77. The quantitative estimate of drug-likeness (QED) is 0.337. The maximum atomic E-state index is 14.4. The highest BCUT2D eigenvalue weighted by molar-refractivity contribution is 6.30. The maximum absolute atomic E-state index is 14.4. The van der Waals surface area contributed by atoms with Gasteiger partial charge < -0.3 is 4.74 Å². The fourth-order valence-electron chi connectivity index (χ4n) is 3.85. The molecule has 1 aliphatic heterocycles. The van der Waals surface area contributed by atoms with Crippen molar-refractivity contribution in [3.63, 3.8) is 0 Å². The van der Waals surface area contributed by atoms with E-state index in [0.29, 0.717) is 12.1 Å². The van der Waals surface area contributed by atoms with Crippen molar-refractivity contribution in [3.8, 4) is 11.3 Å². The third-order valence-electron chi connectivity index (χ3n) is 5.61. The minimum atomic E-state index is -5.06. The molecule has 13 heteroatoms. The number of nitrogens with zero attached hydrogens (tertiary/aromatic N) is 3. The third kappa shape index (κ3) is 5.08. The number of ether oxygens (including phenoxy) is 1. The third-order valence-corrected chi connectivity index (χ3v) is 5.84. The van der Waals surface area contributed by atoms with Gasteiger partial charge >= 0.3 is 18.4 Å². The van der Waals surface area contributed by atoms with Crippen LogP contribution in [0.4, 0.5) is 35.5 Å². The zero-order valence-corrected chi connectivity index (χ0v) is 18.9. The van der Waals surface area contributed by atoms with E-state index in [-0.39, 0.29) is 34.6 Å². The number of amides is 1. The molecule has 0 bridgehead atoms. The van der Waals surface area contributed by atoms with E-state index in [1.165, 1.54) is 31.5 Å². The van der Waals surface area contributed by atoms with E-state index in [1.807, 2.05) is 0 Å². The average Bonchev–Trinajstić information content (AvgIpc) is 3.08. The zero-order chi connectivity index (χ0) is 26.4. The fourth-order valence-corrected chi connectivity index (χ4v) is 4.02. The Hall–Kier alpha value is -3.41. The van der Waals surface area contributed by atoms with E-state index in [2.05, 4.69) is 9.97 Å². The van der Waals surface area contributed by atoms with E-state index in [0.717, 1.165) is 11.0 Å². The summed E-state index contributed by atoms with van der Waals surface area (Å²) in [4.78, 5) is 21.9. The number of carbonyl (C=O) groups is 1. The summed E-state index contributed by atoms with van der Waals surface area (Å²) in [6.45, 7) is 1.09. The number of hydrogen-bond acceptors (Lipinski definition) is 4. The number of alkyl halides is 6. The molecule has 1 saturated heterocycles. The van der Waals surface area contributed by atoms with Gasteiger partial charge in [0, 0.05) is 23.0 Å². The Morgan fingerprint density at radius 1 is 0.972 bits per heavy atom. The first-order chi connectivity index (χ1) is 16.8. The first-order valence-electron chi connectivity index (χ1n) is 10.3. The molecular weight excluding hydrogens is 519 g/mol. The van der Waals surface area contributed by atoms with E-state index in [1.54, 1.807) is 0 Å². The highest BCUT2D eigenvalue weighted by Crippen LogP contribution is 2.41. The molecule has 4 rings (SSSR count). The largest absolute Gasteiger partial charge is 0.439 e. The van der Waals surface area contributed by atoms with Crippen LogP contribution in [0.1, 0.15) is 35.4 Å². The summed E-state index contributed by atoms with van der Waals surface area (Å²) in [5.41, 5.74) is -3.36. The number of rotatable bonds is 4. The highest BCUT2D eigenvalue weighted by Gasteiger charge is 2.43. The van der Waals surface area contributed by atoms with Gasteiger partial charge in [0.1, 0.15) is 11.9 Å². The molecule has 0 saturated carbocycles. The molecule has 3 aromatic rings. The molecule has 36 heavy (non-hydrogen) atoms.